The molecule has 0 unspecified atom stereocenters. The smallest absolute Gasteiger partial charge is 0.318 e. The molecule has 13 heavy (non-hydrogen) atoms. The number of aromatic nitrogens is 4. The molecule has 0 aliphatic carbocycles. The van der Waals surface area contributed by atoms with Crippen molar-refractivity contribution in [2.24, 2.45) is 7.05 Å². The van der Waals surface area contributed by atoms with Crippen LogP contribution in [0.1, 0.15) is 0 Å². The Kier molecular flexibility index (Phi) is 2.06. The molecule has 0 aliphatic rings. The molecule has 0 bridgehead atoms. The van der Waals surface area contributed by atoms with Crippen LogP contribution in [0.25, 0.3) is 11.0 Å². The predicted octanol–water partition coefficient (Wildman–Crippen LogP) is 0.976. The van der Waals surface area contributed by atoms with Gasteiger partial charge < -0.3 is 4.74 Å². The van der Waals surface area contributed by atoms with Gasteiger partial charge in [0.1, 0.15) is 3.70 Å². The molecule has 2 heterocycles. The third-order valence-corrected chi connectivity index (χ3v) is 2.49. The summed E-state index contributed by atoms with van der Waals surface area (Å²) in [5.74, 6) is 0. The Labute approximate surface area is 88.3 Å². The van der Waals surface area contributed by atoms with Crippen LogP contribution in [0.4, 0.5) is 0 Å². The molecule has 0 aliphatic heterocycles. The van der Waals surface area contributed by atoms with Crippen molar-refractivity contribution in [2.75, 3.05) is 7.11 Å². The molecule has 2 aromatic rings. The Balaban J connectivity index is 2.76. The topological polar surface area (TPSA) is 52.8 Å². The number of rotatable bonds is 1. The Bertz CT molecular complexity index is 453. The summed E-state index contributed by atoms with van der Waals surface area (Å²) in [6, 6.07) is 0.368. The van der Waals surface area contributed by atoms with Crippen molar-refractivity contribution >= 4 is 33.6 Å². The summed E-state index contributed by atoms with van der Waals surface area (Å²) in [5, 5.41) is 5.16. The Morgan fingerprint density at radius 3 is 3.00 bits per heavy atom. The summed E-state index contributed by atoms with van der Waals surface area (Å²) < 4.78 is 7.53. The molecule has 2 rings (SSSR count). The number of nitrogens with zero attached hydrogens (tertiary/aromatic N) is 4. The highest BCUT2D eigenvalue weighted by Crippen LogP contribution is 2.18. The molecule has 0 saturated carbocycles. The van der Waals surface area contributed by atoms with Gasteiger partial charge in [0.15, 0.2) is 5.65 Å². The number of hydrogen-bond donors (Lipinski definition) is 0. The Morgan fingerprint density at radius 2 is 2.31 bits per heavy atom. The summed E-state index contributed by atoms with van der Waals surface area (Å²) in [4.78, 5) is 8.18. The fourth-order valence-electron chi connectivity index (χ4n) is 1.08. The van der Waals surface area contributed by atoms with Gasteiger partial charge in [0.2, 0.25) is 0 Å². The van der Waals surface area contributed by atoms with E-state index in [0.29, 0.717) is 6.01 Å². The normalized spacial score (nSPS) is 10.7. The summed E-state index contributed by atoms with van der Waals surface area (Å²) in [6.07, 6.45) is 1.72. The third kappa shape index (κ3) is 1.34. The van der Waals surface area contributed by atoms with E-state index >= 15 is 0 Å². The molecule has 0 spiro atoms. The van der Waals surface area contributed by atoms with Crippen molar-refractivity contribution in [3.63, 3.8) is 0 Å². The first-order chi connectivity index (χ1) is 6.22. The molecule has 2 aromatic heterocycles. The lowest BCUT2D eigenvalue weighted by Crippen LogP contribution is -1.95. The minimum Gasteiger partial charge on any atom is -0.467 e. The van der Waals surface area contributed by atoms with Crippen molar-refractivity contribution in [3.05, 3.63) is 9.90 Å². The van der Waals surface area contributed by atoms with E-state index < -0.39 is 0 Å². The van der Waals surface area contributed by atoms with Gasteiger partial charge in [-0.05, 0) is 22.6 Å². The standard InChI is InChI=1S/C7H7IN4O/c1-12-6-4(5(8)11-12)3-9-7(10-6)13-2/h3H,1-2H3. The van der Waals surface area contributed by atoms with Crippen molar-refractivity contribution in [1.82, 2.24) is 19.7 Å². The van der Waals surface area contributed by atoms with Crippen LogP contribution in [0.2, 0.25) is 0 Å². The predicted molar refractivity (Wildman–Crippen MR) is 55.6 cm³/mol. The van der Waals surface area contributed by atoms with Gasteiger partial charge in [0.05, 0.1) is 12.5 Å². The summed E-state index contributed by atoms with van der Waals surface area (Å²) in [6.45, 7) is 0. The van der Waals surface area contributed by atoms with Gasteiger partial charge in [0, 0.05) is 13.2 Å². The number of aryl methyl sites for hydroxylation is 1. The molecular weight excluding hydrogens is 283 g/mol. The molecule has 0 amide bonds. The quantitative estimate of drug-likeness (QED) is 0.735. The molecule has 0 radical (unpaired) electrons. The van der Waals surface area contributed by atoms with E-state index in [9.17, 15) is 0 Å². The molecule has 0 saturated heterocycles. The molecule has 6 heteroatoms. The molecule has 68 valence electrons. The molecule has 0 atom stereocenters. The maximum atomic E-state index is 4.92. The van der Waals surface area contributed by atoms with Crippen LogP contribution in [-0.4, -0.2) is 26.9 Å². The van der Waals surface area contributed by atoms with Gasteiger partial charge >= 0.3 is 6.01 Å². The number of ether oxygens (including phenoxy) is 1. The second-order valence-electron chi connectivity index (χ2n) is 2.51. The maximum Gasteiger partial charge on any atom is 0.318 e. The highest BCUT2D eigenvalue weighted by molar-refractivity contribution is 14.1. The number of fused-ring (bicyclic) bond motifs is 1. The van der Waals surface area contributed by atoms with E-state index in [1.165, 1.54) is 0 Å². The molecule has 0 N–H and O–H groups in total. The van der Waals surface area contributed by atoms with Crippen molar-refractivity contribution < 1.29 is 4.74 Å². The van der Waals surface area contributed by atoms with E-state index in [4.69, 9.17) is 4.74 Å². The lowest BCUT2D eigenvalue weighted by molar-refractivity contribution is 0.381. The van der Waals surface area contributed by atoms with Crippen molar-refractivity contribution in [3.8, 4) is 6.01 Å². The average molecular weight is 290 g/mol. The van der Waals surface area contributed by atoms with Crippen LogP contribution in [0.5, 0.6) is 6.01 Å². The van der Waals surface area contributed by atoms with Crippen LogP contribution < -0.4 is 4.74 Å². The first-order valence-electron chi connectivity index (χ1n) is 3.61. The SMILES string of the molecule is COc1ncc2c(I)nn(C)c2n1. The third-order valence-electron chi connectivity index (χ3n) is 1.70. The van der Waals surface area contributed by atoms with Gasteiger partial charge in [-0.15, -0.1) is 0 Å². The van der Waals surface area contributed by atoms with Crippen LogP contribution in [0, 0.1) is 3.70 Å². The Hall–Kier alpha value is -0.920. The average Bonchev–Trinajstić information content (AvgIpc) is 2.42. The van der Waals surface area contributed by atoms with Gasteiger partial charge in [-0.2, -0.15) is 10.1 Å². The number of methoxy groups -OCH3 is 1. The van der Waals surface area contributed by atoms with E-state index in [2.05, 4.69) is 37.7 Å². The van der Waals surface area contributed by atoms with Gasteiger partial charge in [-0.1, -0.05) is 0 Å². The maximum absolute atomic E-state index is 4.92. The zero-order valence-electron chi connectivity index (χ0n) is 7.15. The fourth-order valence-corrected chi connectivity index (χ4v) is 1.78. The number of hydrogen-bond acceptors (Lipinski definition) is 4. The molecule has 0 aromatic carbocycles. The highest BCUT2D eigenvalue weighted by atomic mass is 127. The van der Waals surface area contributed by atoms with Crippen LogP contribution in [-0.2, 0) is 7.05 Å². The van der Waals surface area contributed by atoms with Gasteiger partial charge in [-0.3, -0.25) is 0 Å². The zero-order chi connectivity index (χ0) is 9.42. The second kappa shape index (κ2) is 3.09. The largest absolute Gasteiger partial charge is 0.467 e. The minimum atomic E-state index is 0.368. The summed E-state index contributed by atoms with van der Waals surface area (Å²) in [5.41, 5.74) is 0.788. The summed E-state index contributed by atoms with van der Waals surface area (Å²) in [7, 11) is 3.39. The lowest BCUT2D eigenvalue weighted by Gasteiger charge is -1.96. The van der Waals surface area contributed by atoms with E-state index in [1.807, 2.05) is 7.05 Å². The van der Waals surface area contributed by atoms with E-state index in [0.717, 1.165) is 14.7 Å². The molecule has 5 nitrogen and oxygen atoms in total. The van der Waals surface area contributed by atoms with E-state index in [1.54, 1.807) is 18.0 Å². The second-order valence-corrected chi connectivity index (χ2v) is 3.53. The molecular formula is C7H7IN4O. The zero-order valence-corrected chi connectivity index (χ0v) is 9.31. The highest BCUT2D eigenvalue weighted by Gasteiger charge is 2.08. The lowest BCUT2D eigenvalue weighted by atomic mass is 10.4. The van der Waals surface area contributed by atoms with Crippen LogP contribution >= 0.6 is 22.6 Å². The van der Waals surface area contributed by atoms with Crippen molar-refractivity contribution in [1.29, 1.82) is 0 Å². The van der Waals surface area contributed by atoms with Gasteiger partial charge in [0.25, 0.3) is 0 Å². The van der Waals surface area contributed by atoms with Gasteiger partial charge in [-0.25, -0.2) is 9.67 Å². The first kappa shape index (κ1) is 8.67. The molecule has 0 fully saturated rings. The summed E-state index contributed by atoms with van der Waals surface area (Å²) >= 11 is 2.15. The first-order valence-corrected chi connectivity index (χ1v) is 4.69. The Morgan fingerprint density at radius 1 is 1.54 bits per heavy atom. The van der Waals surface area contributed by atoms with Crippen LogP contribution in [0.15, 0.2) is 6.20 Å². The number of halogens is 1. The van der Waals surface area contributed by atoms with Crippen LogP contribution in [0.3, 0.4) is 0 Å². The van der Waals surface area contributed by atoms with E-state index in [-0.39, 0.29) is 0 Å². The van der Waals surface area contributed by atoms with Crippen molar-refractivity contribution in [2.45, 2.75) is 0 Å². The monoisotopic (exact) mass is 290 g/mol. The minimum absolute atomic E-state index is 0.368. The fraction of sp³-hybridized carbons (Fsp3) is 0.286.